The van der Waals surface area contributed by atoms with E-state index in [9.17, 15) is 0 Å². The summed E-state index contributed by atoms with van der Waals surface area (Å²) in [6, 6.07) is 122. The van der Waals surface area contributed by atoms with Crippen molar-refractivity contribution in [2.75, 3.05) is 0 Å². The molecule has 0 saturated carbocycles. The van der Waals surface area contributed by atoms with E-state index in [1.54, 1.807) is 0 Å². The highest BCUT2D eigenvalue weighted by molar-refractivity contribution is 6.32. The van der Waals surface area contributed by atoms with Gasteiger partial charge in [-0.15, -0.1) is 0 Å². The van der Waals surface area contributed by atoms with Gasteiger partial charge >= 0.3 is 0 Å². The van der Waals surface area contributed by atoms with Crippen molar-refractivity contribution in [1.29, 1.82) is 0 Å². The summed E-state index contributed by atoms with van der Waals surface area (Å²) in [5, 5.41) is 10.1. The van der Waals surface area contributed by atoms with Crippen molar-refractivity contribution in [3.05, 3.63) is 328 Å². The fourth-order valence-corrected chi connectivity index (χ4v) is 15.2. The Hall–Kier alpha value is -11.4. The van der Waals surface area contributed by atoms with Crippen LogP contribution in [0.4, 0.5) is 0 Å². The van der Waals surface area contributed by atoms with Crippen LogP contribution in [0.2, 0.25) is 0 Å². The average Bonchev–Trinajstić information content (AvgIpc) is 1.53. The Bertz CT molecular complexity index is 4900. The summed E-state index contributed by atoms with van der Waals surface area (Å²) < 4.78 is 0. The van der Waals surface area contributed by atoms with Crippen molar-refractivity contribution in [3.8, 4) is 145 Å². The Kier molecular flexibility index (Phi) is 11.4. The third-order valence-corrected chi connectivity index (χ3v) is 18.9. The highest BCUT2D eigenvalue weighted by atomic mass is 14.4. The first-order valence-electron chi connectivity index (χ1n) is 30.6. The summed E-state index contributed by atoms with van der Waals surface area (Å²) in [6.07, 6.45) is 0. The predicted octanol–water partition coefficient (Wildman–Crippen LogP) is 24.6. The lowest BCUT2D eigenvalue weighted by Gasteiger charge is -2.21. The van der Waals surface area contributed by atoms with Crippen LogP contribution in [0.15, 0.2) is 328 Å². The molecule has 0 radical (unpaired) electrons. The molecular formula is C88H54. The van der Waals surface area contributed by atoms with E-state index in [1.807, 2.05) is 0 Å². The second-order valence-corrected chi connectivity index (χ2v) is 23.7. The van der Waals surface area contributed by atoms with E-state index in [2.05, 4.69) is 328 Å². The van der Waals surface area contributed by atoms with Crippen LogP contribution in [0.5, 0.6) is 0 Å². The zero-order valence-corrected chi connectivity index (χ0v) is 48.2. The number of hydrogen-bond acceptors (Lipinski definition) is 0. The van der Waals surface area contributed by atoms with Gasteiger partial charge in [0.15, 0.2) is 0 Å². The molecule has 18 rings (SSSR count). The predicted molar refractivity (Wildman–Crippen MR) is 374 cm³/mol. The smallest absolute Gasteiger partial charge is 0.000741 e. The maximum absolute atomic E-state index is 2.46. The van der Waals surface area contributed by atoms with E-state index in [1.165, 1.54) is 188 Å². The molecule has 0 nitrogen and oxygen atoms in total. The molecule has 0 heteroatoms. The second kappa shape index (κ2) is 20.1. The molecule has 0 atom stereocenters. The van der Waals surface area contributed by atoms with Crippen LogP contribution in [-0.2, 0) is 0 Å². The molecule has 2 aliphatic rings. The van der Waals surface area contributed by atoms with Crippen molar-refractivity contribution in [2.45, 2.75) is 0 Å². The molecule has 0 heterocycles. The maximum Gasteiger partial charge on any atom is -0.000741 e. The Balaban J connectivity index is 0.892. The molecular weight excluding hydrogens is 1060 g/mol. The van der Waals surface area contributed by atoms with Crippen molar-refractivity contribution in [1.82, 2.24) is 0 Å². The van der Waals surface area contributed by atoms with Gasteiger partial charge in [0.1, 0.15) is 0 Å². The van der Waals surface area contributed by atoms with Gasteiger partial charge in [0.25, 0.3) is 0 Å². The van der Waals surface area contributed by atoms with Gasteiger partial charge in [-0.25, -0.2) is 0 Å². The van der Waals surface area contributed by atoms with Crippen LogP contribution in [0, 0.1) is 0 Å². The highest BCUT2D eigenvalue weighted by Gasteiger charge is 2.34. The highest BCUT2D eigenvalue weighted by Crippen LogP contribution is 2.62. The van der Waals surface area contributed by atoms with Crippen LogP contribution >= 0.6 is 0 Å². The third-order valence-electron chi connectivity index (χ3n) is 18.9. The van der Waals surface area contributed by atoms with Crippen LogP contribution in [0.1, 0.15) is 0 Å². The molecule has 0 fully saturated rings. The zero-order valence-electron chi connectivity index (χ0n) is 48.2. The van der Waals surface area contributed by atoms with Crippen molar-refractivity contribution in [3.63, 3.8) is 0 Å². The Morgan fingerprint density at radius 3 is 0.602 bits per heavy atom. The molecule has 88 heavy (non-hydrogen) atoms. The minimum Gasteiger partial charge on any atom is -0.0622 e. The molecule has 0 amide bonds. The van der Waals surface area contributed by atoms with Gasteiger partial charge in [-0.3, -0.25) is 0 Å². The Labute approximate surface area is 512 Å². The molecule has 0 bridgehead atoms. The Morgan fingerprint density at radius 1 is 0.114 bits per heavy atom. The molecule has 16 aromatic carbocycles. The van der Waals surface area contributed by atoms with Crippen LogP contribution < -0.4 is 0 Å². The van der Waals surface area contributed by atoms with E-state index in [-0.39, 0.29) is 0 Å². The lowest BCUT2D eigenvalue weighted by atomic mass is 9.81. The van der Waals surface area contributed by atoms with Gasteiger partial charge in [-0.05, 0) is 212 Å². The number of fused-ring (bicyclic) bond motifs is 8. The minimum absolute atomic E-state index is 1.20. The quantitative estimate of drug-likeness (QED) is 0.135. The first kappa shape index (κ1) is 49.9. The topological polar surface area (TPSA) is 0 Å². The van der Waals surface area contributed by atoms with Gasteiger partial charge in [-0.1, -0.05) is 303 Å². The normalized spacial score (nSPS) is 11.9. The summed E-state index contributed by atoms with van der Waals surface area (Å²) >= 11 is 0. The number of hydrogen-bond donors (Lipinski definition) is 0. The summed E-state index contributed by atoms with van der Waals surface area (Å²) in [4.78, 5) is 0. The van der Waals surface area contributed by atoms with E-state index >= 15 is 0 Å². The lowest BCUT2D eigenvalue weighted by Crippen LogP contribution is -1.94. The van der Waals surface area contributed by atoms with E-state index < -0.39 is 0 Å². The largest absolute Gasteiger partial charge is 0.0622 e. The first-order valence-corrected chi connectivity index (χ1v) is 30.6. The maximum atomic E-state index is 2.46. The van der Waals surface area contributed by atoms with Gasteiger partial charge in [0.2, 0.25) is 0 Å². The SMILES string of the molecule is c1ccc(-c2cccc(-c3c4c(c(-c5cccc(-c6ccccc6)c5)c5ccccc35)-c3ccc(-c5ccc6c7c(cccc57)-c5c-6c(-c6cccc(-c7ccccc7)c6)c6ccccc6c5-c5cccc(-c6ccccc6)c5)c5cccc-4c35)c2)cc1. The van der Waals surface area contributed by atoms with Gasteiger partial charge in [0.05, 0.1) is 0 Å². The minimum atomic E-state index is 1.20. The van der Waals surface area contributed by atoms with Crippen molar-refractivity contribution in [2.24, 2.45) is 0 Å². The monoisotopic (exact) mass is 1110 g/mol. The Morgan fingerprint density at radius 2 is 0.318 bits per heavy atom. The van der Waals surface area contributed by atoms with Gasteiger partial charge in [0, 0.05) is 0 Å². The van der Waals surface area contributed by atoms with E-state index in [0.29, 0.717) is 0 Å². The number of rotatable bonds is 9. The zero-order chi connectivity index (χ0) is 57.8. The van der Waals surface area contributed by atoms with Crippen LogP contribution in [-0.4, -0.2) is 0 Å². The molecule has 0 unspecified atom stereocenters. The van der Waals surface area contributed by atoms with Crippen LogP contribution in [0.25, 0.3) is 188 Å². The van der Waals surface area contributed by atoms with Gasteiger partial charge < -0.3 is 0 Å². The summed E-state index contributed by atoms with van der Waals surface area (Å²) in [6.45, 7) is 0. The molecule has 0 saturated heterocycles. The second-order valence-electron chi connectivity index (χ2n) is 23.7. The molecule has 0 aromatic heterocycles. The molecule has 0 aliphatic heterocycles. The average molecular weight is 1110 g/mol. The standard InChI is InChI=1S/C88H54/c1-5-23-55(24-6-1)59-31-17-35-63(51-59)79-71-39-13-15-41-73(71)81(65-37-19-33-61(53-65)57-27-9-3-10-28-57)87-77-49-47-67(69-43-21-45-75(83(69)77)85(79)87)68-48-50-78-84-70(68)44-22-46-76(84)86-80(64-36-18-32-60(52-64)56-25-7-2-8-26-56)72-40-14-16-42-74(72)82(88(78)86)66-38-20-34-62(54-66)58-29-11-4-12-30-58/h1-54H. The summed E-state index contributed by atoms with van der Waals surface area (Å²) in [5.41, 5.74) is 32.2. The van der Waals surface area contributed by atoms with Gasteiger partial charge in [-0.2, -0.15) is 0 Å². The van der Waals surface area contributed by atoms with E-state index in [4.69, 9.17) is 0 Å². The molecule has 406 valence electrons. The third kappa shape index (κ3) is 7.72. The molecule has 0 N–H and O–H groups in total. The lowest BCUT2D eigenvalue weighted by molar-refractivity contribution is 1.59. The van der Waals surface area contributed by atoms with Crippen molar-refractivity contribution >= 4 is 43.1 Å². The van der Waals surface area contributed by atoms with Crippen LogP contribution in [0.3, 0.4) is 0 Å². The molecule has 16 aromatic rings. The van der Waals surface area contributed by atoms with E-state index in [0.717, 1.165) is 0 Å². The fourth-order valence-electron chi connectivity index (χ4n) is 15.2. The van der Waals surface area contributed by atoms with Crippen molar-refractivity contribution < 1.29 is 0 Å². The summed E-state index contributed by atoms with van der Waals surface area (Å²) in [7, 11) is 0. The first-order chi connectivity index (χ1) is 43.7. The molecule has 2 aliphatic carbocycles. The fraction of sp³-hybridized carbons (Fsp3) is 0. The summed E-state index contributed by atoms with van der Waals surface area (Å²) in [5.74, 6) is 0. The number of benzene rings is 16. The molecule has 0 spiro atoms.